The lowest BCUT2D eigenvalue weighted by Gasteiger charge is -2.13. The number of ether oxygens (including phenoxy) is 3. The van der Waals surface area contributed by atoms with Gasteiger partial charge in [0.15, 0.2) is 0 Å². The number of rotatable bonds is 11. The minimum Gasteiger partial charge on any atom is -0.489 e. The third-order valence-corrected chi connectivity index (χ3v) is 5.71. The molecule has 2 N–H and O–H groups in total. The highest BCUT2D eigenvalue weighted by molar-refractivity contribution is 7.89. The quantitative estimate of drug-likeness (QED) is 0.174. The molecule has 0 radical (unpaired) electrons. The summed E-state index contributed by atoms with van der Waals surface area (Å²) in [6, 6.07) is 17.4. The van der Waals surface area contributed by atoms with Gasteiger partial charge in [0.25, 0.3) is 0 Å². The molecule has 0 spiro atoms. The fraction of sp³-hybridized carbons (Fsp3) is 0.208. The lowest BCUT2D eigenvalue weighted by Crippen LogP contribution is -2.16. The molecule has 184 valence electrons. The minimum absolute atomic E-state index is 0.0881. The van der Waals surface area contributed by atoms with E-state index in [9.17, 15) is 23.3 Å². The molecule has 0 atom stereocenters. The third kappa shape index (κ3) is 7.01. The zero-order chi connectivity index (χ0) is 25.4. The molecule has 10 nitrogen and oxygen atoms in total. The highest BCUT2D eigenvalue weighted by atomic mass is 32.2. The predicted octanol–water partition coefficient (Wildman–Crippen LogP) is 4.57. The van der Waals surface area contributed by atoms with Gasteiger partial charge >= 0.3 is 11.7 Å². The second-order valence-corrected chi connectivity index (χ2v) is 8.99. The van der Waals surface area contributed by atoms with E-state index in [1.807, 2.05) is 37.3 Å². The molecule has 0 heterocycles. The molecule has 11 heteroatoms. The first kappa shape index (κ1) is 25.7. The molecule has 35 heavy (non-hydrogen) atoms. The molecule has 0 saturated carbocycles. The molecule has 0 saturated heterocycles. The summed E-state index contributed by atoms with van der Waals surface area (Å²) in [5.41, 5.74) is -0.105. The van der Waals surface area contributed by atoms with Crippen LogP contribution in [-0.2, 0) is 21.4 Å². The van der Waals surface area contributed by atoms with E-state index in [0.29, 0.717) is 18.8 Å². The van der Waals surface area contributed by atoms with E-state index in [0.717, 1.165) is 24.1 Å². The van der Waals surface area contributed by atoms with Crippen LogP contribution in [0.1, 0.15) is 35.7 Å². The van der Waals surface area contributed by atoms with Gasteiger partial charge in [0, 0.05) is 6.07 Å². The number of nitrogens with two attached hydrogens (primary N) is 1. The number of carbonyl (C=O) groups excluding carboxylic acids is 1. The third-order valence-electron chi connectivity index (χ3n) is 4.80. The Bertz CT molecular complexity index is 1290. The van der Waals surface area contributed by atoms with Gasteiger partial charge in [0.1, 0.15) is 23.0 Å². The van der Waals surface area contributed by atoms with E-state index in [-0.39, 0.29) is 17.9 Å². The van der Waals surface area contributed by atoms with Gasteiger partial charge in [-0.1, -0.05) is 43.7 Å². The van der Waals surface area contributed by atoms with Crippen LogP contribution in [0.3, 0.4) is 0 Å². The Labute approximate surface area is 202 Å². The number of unbranched alkanes of at least 4 members (excludes halogenated alkanes) is 1. The van der Waals surface area contributed by atoms with Gasteiger partial charge in [-0.2, -0.15) is 0 Å². The first-order chi connectivity index (χ1) is 16.7. The first-order valence-electron chi connectivity index (χ1n) is 10.7. The van der Waals surface area contributed by atoms with E-state index in [1.54, 1.807) is 12.1 Å². The van der Waals surface area contributed by atoms with Crippen LogP contribution in [0.4, 0.5) is 5.69 Å². The molecule has 3 aromatic carbocycles. The minimum atomic E-state index is -4.50. The second-order valence-electron chi connectivity index (χ2n) is 7.46. The summed E-state index contributed by atoms with van der Waals surface area (Å²) in [4.78, 5) is 22.5. The maximum absolute atomic E-state index is 12.3. The summed E-state index contributed by atoms with van der Waals surface area (Å²) in [5, 5.41) is 17.0. The Morgan fingerprint density at radius 2 is 1.69 bits per heavy atom. The van der Waals surface area contributed by atoms with E-state index in [2.05, 4.69) is 0 Å². The Morgan fingerprint density at radius 3 is 2.29 bits per heavy atom. The monoisotopic (exact) mass is 500 g/mol. The van der Waals surface area contributed by atoms with Crippen LogP contribution < -0.4 is 14.6 Å². The molecule has 0 aliphatic carbocycles. The largest absolute Gasteiger partial charge is 0.489 e. The van der Waals surface area contributed by atoms with Gasteiger partial charge in [-0.3, -0.25) is 10.1 Å². The van der Waals surface area contributed by atoms with Crippen molar-refractivity contribution in [1.29, 1.82) is 0 Å². The Morgan fingerprint density at radius 1 is 1.03 bits per heavy atom. The number of primary sulfonamides is 1. The van der Waals surface area contributed by atoms with Crippen LogP contribution in [-0.4, -0.2) is 25.9 Å². The van der Waals surface area contributed by atoms with Crippen molar-refractivity contribution >= 4 is 21.7 Å². The van der Waals surface area contributed by atoms with Gasteiger partial charge in [-0.25, -0.2) is 18.4 Å². The molecule has 0 unspecified atom stereocenters. The van der Waals surface area contributed by atoms with Crippen LogP contribution in [0.15, 0.2) is 71.6 Å². The standard InChI is InChI=1S/C24H24N2O8S/c1-2-3-13-32-24(27)18-14-21(26(28)29)23(22(15-18)35(25,30)31)34-20-11-9-19(10-12-20)33-16-17-7-5-4-6-8-17/h4-12,14-15H,2-3,13,16H2,1H3,(H2,25,30,31). The van der Waals surface area contributed by atoms with Crippen molar-refractivity contribution < 1.29 is 32.3 Å². The van der Waals surface area contributed by atoms with E-state index in [4.69, 9.17) is 19.3 Å². The van der Waals surface area contributed by atoms with Crippen LogP contribution in [0.5, 0.6) is 17.2 Å². The van der Waals surface area contributed by atoms with Crippen molar-refractivity contribution in [3.05, 3.63) is 88.0 Å². The van der Waals surface area contributed by atoms with Gasteiger partial charge in [-0.15, -0.1) is 0 Å². The summed E-state index contributed by atoms with van der Waals surface area (Å²) in [6.45, 7) is 2.31. The van der Waals surface area contributed by atoms with Crippen molar-refractivity contribution in [3.8, 4) is 17.2 Å². The zero-order valence-corrected chi connectivity index (χ0v) is 19.7. The number of hydrogen-bond acceptors (Lipinski definition) is 8. The molecular weight excluding hydrogens is 476 g/mol. The Kier molecular flexibility index (Phi) is 8.39. The SMILES string of the molecule is CCCCOC(=O)c1cc([N+](=O)[O-])c(Oc2ccc(OCc3ccccc3)cc2)c(S(N)(=O)=O)c1. The highest BCUT2D eigenvalue weighted by Crippen LogP contribution is 2.39. The van der Waals surface area contributed by atoms with Crippen LogP contribution in [0.25, 0.3) is 0 Å². The molecule has 3 rings (SSSR count). The van der Waals surface area contributed by atoms with Gasteiger partial charge < -0.3 is 14.2 Å². The average Bonchev–Trinajstić information content (AvgIpc) is 2.83. The lowest BCUT2D eigenvalue weighted by molar-refractivity contribution is -0.385. The topological polar surface area (TPSA) is 148 Å². The van der Waals surface area contributed by atoms with Crippen LogP contribution in [0, 0.1) is 10.1 Å². The van der Waals surface area contributed by atoms with Crippen molar-refractivity contribution in [3.63, 3.8) is 0 Å². The molecular formula is C24H24N2O8S. The van der Waals surface area contributed by atoms with Crippen molar-refractivity contribution in [2.24, 2.45) is 5.14 Å². The van der Waals surface area contributed by atoms with Gasteiger partial charge in [0.05, 0.1) is 17.1 Å². The maximum Gasteiger partial charge on any atom is 0.338 e. The lowest BCUT2D eigenvalue weighted by atomic mass is 10.2. The summed E-state index contributed by atoms with van der Waals surface area (Å²) in [5.74, 6) is -0.908. The Balaban J connectivity index is 1.88. The summed E-state index contributed by atoms with van der Waals surface area (Å²) >= 11 is 0. The average molecular weight is 501 g/mol. The fourth-order valence-electron chi connectivity index (χ4n) is 3.01. The van der Waals surface area contributed by atoms with E-state index < -0.39 is 37.2 Å². The molecule has 0 bridgehead atoms. The fourth-order valence-corrected chi connectivity index (χ4v) is 3.71. The number of nitrogens with zero attached hydrogens (tertiary/aromatic N) is 1. The molecule has 0 amide bonds. The number of nitro groups is 1. The summed E-state index contributed by atoms with van der Waals surface area (Å²) in [7, 11) is -4.50. The summed E-state index contributed by atoms with van der Waals surface area (Å²) < 4.78 is 40.8. The maximum atomic E-state index is 12.3. The van der Waals surface area contributed by atoms with Gasteiger partial charge in [-0.05, 0) is 42.3 Å². The molecule has 0 fully saturated rings. The highest BCUT2D eigenvalue weighted by Gasteiger charge is 2.30. The molecule has 3 aromatic rings. The second kappa shape index (κ2) is 11.4. The zero-order valence-electron chi connectivity index (χ0n) is 18.9. The number of esters is 1. The van der Waals surface area contributed by atoms with E-state index in [1.165, 1.54) is 12.1 Å². The van der Waals surface area contributed by atoms with Crippen molar-refractivity contribution in [2.45, 2.75) is 31.3 Å². The number of sulfonamides is 1. The normalized spacial score (nSPS) is 11.0. The van der Waals surface area contributed by atoms with Crippen molar-refractivity contribution in [2.75, 3.05) is 6.61 Å². The van der Waals surface area contributed by atoms with Crippen molar-refractivity contribution in [1.82, 2.24) is 0 Å². The number of nitro benzene ring substituents is 1. The number of benzene rings is 3. The van der Waals surface area contributed by atoms with E-state index >= 15 is 0 Å². The number of hydrogen-bond donors (Lipinski definition) is 1. The molecule has 0 aromatic heterocycles. The molecule has 0 aliphatic heterocycles. The van der Waals surface area contributed by atoms with Crippen LogP contribution >= 0.6 is 0 Å². The smallest absolute Gasteiger partial charge is 0.338 e. The predicted molar refractivity (Wildman–Crippen MR) is 127 cm³/mol. The van der Waals surface area contributed by atoms with Crippen LogP contribution in [0.2, 0.25) is 0 Å². The first-order valence-corrected chi connectivity index (χ1v) is 12.2. The summed E-state index contributed by atoms with van der Waals surface area (Å²) in [6.07, 6.45) is 1.35. The molecule has 0 aliphatic rings. The number of carbonyl (C=O) groups is 1. The Hall–Kier alpha value is -3.96. The van der Waals surface area contributed by atoms with Gasteiger partial charge in [0.2, 0.25) is 15.8 Å².